The van der Waals surface area contributed by atoms with Crippen molar-refractivity contribution in [3.05, 3.63) is 102 Å². The number of hydrogen-bond acceptors (Lipinski definition) is 6. The van der Waals surface area contributed by atoms with E-state index in [1.54, 1.807) is 0 Å². The molecule has 4 fully saturated rings. The van der Waals surface area contributed by atoms with Crippen LogP contribution in [0.5, 0.6) is 0 Å². The zero-order valence-electron chi connectivity index (χ0n) is 26.8. The van der Waals surface area contributed by atoms with Gasteiger partial charge in [-0.2, -0.15) is 0 Å². The Morgan fingerprint density at radius 1 is 0.682 bits per heavy atom. The minimum absolute atomic E-state index is 0.123. The topological polar surface area (TPSA) is 42.1 Å². The Morgan fingerprint density at radius 2 is 1.20 bits per heavy atom. The van der Waals surface area contributed by atoms with Crippen molar-refractivity contribution < 1.29 is 4.79 Å². The molecule has 4 aliphatic rings. The largest absolute Gasteiger partial charge is 0.384 e. The molecular formula is C38H51N5O. The number of piperidine rings is 2. The smallest absolute Gasteiger partial charge is 0.129 e. The third-order valence-electron chi connectivity index (χ3n) is 10.7. The Balaban J connectivity index is 0.000000162. The number of rotatable bonds is 8. The molecule has 4 heterocycles. The van der Waals surface area contributed by atoms with Crippen molar-refractivity contribution >= 4 is 12.0 Å². The van der Waals surface area contributed by atoms with Gasteiger partial charge in [0, 0.05) is 70.0 Å². The van der Waals surface area contributed by atoms with Gasteiger partial charge in [0.05, 0.1) is 5.41 Å². The SMILES string of the molecule is CN1CCC2CN(Cc3ccccc3)CC2(C=O)C1.CN1CCC2CN(Cc3ccccc3)CC2(CNc2ccccc2)C1. The predicted molar refractivity (Wildman–Crippen MR) is 181 cm³/mol. The molecular weight excluding hydrogens is 542 g/mol. The summed E-state index contributed by atoms with van der Waals surface area (Å²) in [5, 5.41) is 3.73. The Hall–Kier alpha value is -3.03. The molecule has 4 atom stereocenters. The lowest BCUT2D eigenvalue weighted by molar-refractivity contribution is -0.120. The van der Waals surface area contributed by atoms with Gasteiger partial charge in [-0.15, -0.1) is 0 Å². The van der Waals surface area contributed by atoms with Crippen LogP contribution >= 0.6 is 0 Å². The van der Waals surface area contributed by atoms with E-state index in [4.69, 9.17) is 0 Å². The number of hydrogen-bond donors (Lipinski definition) is 1. The lowest BCUT2D eigenvalue weighted by Crippen LogP contribution is -2.50. The third-order valence-corrected chi connectivity index (χ3v) is 10.7. The van der Waals surface area contributed by atoms with Gasteiger partial charge in [-0.3, -0.25) is 9.80 Å². The van der Waals surface area contributed by atoms with Crippen LogP contribution in [-0.2, 0) is 17.9 Å². The van der Waals surface area contributed by atoms with E-state index in [0.717, 1.165) is 58.2 Å². The van der Waals surface area contributed by atoms with Crippen LogP contribution in [0.15, 0.2) is 91.0 Å². The van der Waals surface area contributed by atoms with Crippen LogP contribution in [0.1, 0.15) is 24.0 Å². The molecule has 0 radical (unpaired) electrons. The van der Waals surface area contributed by atoms with Crippen LogP contribution in [0.25, 0.3) is 0 Å². The van der Waals surface area contributed by atoms with Gasteiger partial charge in [0.15, 0.2) is 0 Å². The predicted octanol–water partition coefficient (Wildman–Crippen LogP) is 5.19. The molecule has 3 aromatic rings. The van der Waals surface area contributed by atoms with Crippen LogP contribution in [0.2, 0.25) is 0 Å². The summed E-state index contributed by atoms with van der Waals surface area (Å²) >= 11 is 0. The summed E-state index contributed by atoms with van der Waals surface area (Å²) in [7, 11) is 4.40. The summed E-state index contributed by atoms with van der Waals surface area (Å²) in [4.78, 5) is 21.6. The number of carbonyl (C=O) groups excluding carboxylic acids is 1. The van der Waals surface area contributed by atoms with Crippen molar-refractivity contribution in [3.63, 3.8) is 0 Å². The Kier molecular flexibility index (Phi) is 9.82. The fourth-order valence-corrected chi connectivity index (χ4v) is 8.52. The number of fused-ring (bicyclic) bond motifs is 2. The van der Waals surface area contributed by atoms with E-state index in [9.17, 15) is 4.79 Å². The van der Waals surface area contributed by atoms with E-state index in [1.807, 2.05) is 0 Å². The maximum Gasteiger partial charge on any atom is 0.129 e. The first-order chi connectivity index (χ1) is 21.5. The zero-order valence-corrected chi connectivity index (χ0v) is 26.8. The van der Waals surface area contributed by atoms with E-state index >= 15 is 0 Å². The number of carbonyl (C=O) groups is 1. The van der Waals surface area contributed by atoms with Crippen LogP contribution < -0.4 is 5.32 Å². The fraction of sp³-hybridized carbons (Fsp3) is 0.500. The van der Waals surface area contributed by atoms with Crippen molar-refractivity contribution in [1.82, 2.24) is 19.6 Å². The summed E-state index contributed by atoms with van der Waals surface area (Å²) in [6.07, 6.45) is 3.71. The van der Waals surface area contributed by atoms with E-state index in [-0.39, 0.29) is 5.41 Å². The Bertz CT molecular complexity index is 1320. The molecule has 6 nitrogen and oxygen atoms in total. The molecule has 3 aromatic carbocycles. The van der Waals surface area contributed by atoms with Gasteiger partial charge in [0.25, 0.3) is 0 Å². The zero-order chi connectivity index (χ0) is 30.4. The van der Waals surface area contributed by atoms with Gasteiger partial charge in [-0.05, 0) is 75.1 Å². The highest BCUT2D eigenvalue weighted by atomic mass is 16.1. The van der Waals surface area contributed by atoms with Crippen molar-refractivity contribution in [3.8, 4) is 0 Å². The number of anilines is 1. The molecule has 4 aliphatic heterocycles. The molecule has 1 N–H and O–H groups in total. The van der Waals surface area contributed by atoms with Crippen molar-refractivity contribution in [2.24, 2.45) is 22.7 Å². The highest BCUT2D eigenvalue weighted by Gasteiger charge is 2.50. The molecule has 0 aromatic heterocycles. The molecule has 234 valence electrons. The lowest BCUT2D eigenvalue weighted by Gasteiger charge is -2.43. The van der Waals surface area contributed by atoms with Crippen molar-refractivity contribution in [2.45, 2.75) is 25.9 Å². The highest BCUT2D eigenvalue weighted by molar-refractivity contribution is 5.62. The van der Waals surface area contributed by atoms with Gasteiger partial charge in [0.2, 0.25) is 0 Å². The third kappa shape index (κ3) is 7.26. The maximum absolute atomic E-state index is 11.7. The molecule has 0 amide bonds. The molecule has 0 bridgehead atoms. The Labute approximate surface area is 265 Å². The standard InChI is InChI=1S/C22H29N3.C16H22N2O/c1-24-13-12-20-15-25(14-19-8-4-2-5-9-19)18-22(20,17-24)16-23-21-10-6-3-7-11-21;1-17-8-7-15-10-18(12-16(15,11-17)13-19)9-14-5-3-2-4-6-14/h2-11,20,23H,12-18H2,1H3;2-6,13,15H,7-12H2,1H3. The average molecular weight is 594 g/mol. The fourth-order valence-electron chi connectivity index (χ4n) is 8.52. The first-order valence-corrected chi connectivity index (χ1v) is 16.6. The number of para-hydroxylation sites is 1. The summed E-state index contributed by atoms with van der Waals surface area (Å²) in [6, 6.07) is 32.1. The molecule has 4 unspecified atom stereocenters. The van der Waals surface area contributed by atoms with Crippen LogP contribution in [-0.4, -0.2) is 98.9 Å². The minimum atomic E-state index is -0.123. The number of nitrogens with one attached hydrogen (secondary N) is 1. The molecule has 6 heteroatoms. The van der Waals surface area contributed by atoms with Crippen LogP contribution in [0, 0.1) is 22.7 Å². The average Bonchev–Trinajstić information content (AvgIpc) is 3.59. The normalized spacial score (nSPS) is 29.3. The molecule has 0 saturated carbocycles. The van der Waals surface area contributed by atoms with E-state index < -0.39 is 0 Å². The maximum atomic E-state index is 11.7. The number of likely N-dealkylation sites (tertiary alicyclic amines) is 4. The lowest BCUT2D eigenvalue weighted by atomic mass is 9.73. The number of aldehydes is 1. The molecule has 4 saturated heterocycles. The van der Waals surface area contributed by atoms with Crippen LogP contribution in [0.4, 0.5) is 5.69 Å². The summed E-state index contributed by atoms with van der Waals surface area (Å²) < 4.78 is 0. The Morgan fingerprint density at radius 3 is 1.82 bits per heavy atom. The second-order valence-corrected chi connectivity index (χ2v) is 14.2. The highest BCUT2D eigenvalue weighted by Crippen LogP contribution is 2.43. The van der Waals surface area contributed by atoms with Crippen molar-refractivity contribution in [1.29, 1.82) is 0 Å². The van der Waals surface area contributed by atoms with E-state index in [1.165, 1.54) is 55.7 Å². The monoisotopic (exact) mass is 593 g/mol. The van der Waals surface area contributed by atoms with Crippen molar-refractivity contribution in [2.75, 3.05) is 78.3 Å². The minimum Gasteiger partial charge on any atom is -0.384 e. The molecule has 0 aliphatic carbocycles. The van der Waals surface area contributed by atoms with E-state index in [0.29, 0.717) is 11.3 Å². The summed E-state index contributed by atoms with van der Waals surface area (Å²) in [5.74, 6) is 1.34. The van der Waals surface area contributed by atoms with Gasteiger partial charge >= 0.3 is 0 Å². The van der Waals surface area contributed by atoms with Gasteiger partial charge in [0.1, 0.15) is 6.29 Å². The van der Waals surface area contributed by atoms with E-state index in [2.05, 4.69) is 130 Å². The molecule has 7 rings (SSSR count). The van der Waals surface area contributed by atoms with Gasteiger partial charge in [-0.1, -0.05) is 78.9 Å². The summed E-state index contributed by atoms with van der Waals surface area (Å²) in [5.41, 5.74) is 4.25. The van der Waals surface area contributed by atoms with Gasteiger partial charge < -0.3 is 19.9 Å². The first kappa shape index (κ1) is 31.0. The summed E-state index contributed by atoms with van der Waals surface area (Å²) in [6.45, 7) is 12.0. The quantitative estimate of drug-likeness (QED) is 0.363. The molecule has 0 spiro atoms. The first-order valence-electron chi connectivity index (χ1n) is 16.6. The number of benzene rings is 3. The number of nitrogens with zero attached hydrogens (tertiary/aromatic N) is 4. The van der Waals surface area contributed by atoms with Crippen LogP contribution in [0.3, 0.4) is 0 Å². The second kappa shape index (κ2) is 13.9. The second-order valence-electron chi connectivity index (χ2n) is 14.2. The molecule has 44 heavy (non-hydrogen) atoms. The van der Waals surface area contributed by atoms with Gasteiger partial charge in [-0.25, -0.2) is 0 Å².